The molecule has 2 rings (SSSR count). The molecule has 1 N–H and O–H groups in total. The number of ether oxygens (including phenoxy) is 1. The SMILES string of the molecule is CCCCN(C)C(=NC)NCC(c1ccccc1Cl)N1CCOCC1.I. The second-order valence-electron chi connectivity index (χ2n) is 6.39. The van der Waals surface area contributed by atoms with Crippen LogP contribution in [-0.4, -0.2) is 69.2 Å². The van der Waals surface area contributed by atoms with Crippen LogP contribution in [0.4, 0.5) is 0 Å². The van der Waals surface area contributed by atoms with Crippen LogP contribution in [0.15, 0.2) is 29.3 Å². The minimum atomic E-state index is 0. The van der Waals surface area contributed by atoms with Crippen LogP contribution >= 0.6 is 35.6 Å². The average Bonchev–Trinajstić information content (AvgIpc) is 2.65. The summed E-state index contributed by atoms with van der Waals surface area (Å²) in [6.45, 7) is 7.36. The molecular formula is C19H32ClIN4O. The number of guanidine groups is 1. The average molecular weight is 495 g/mol. The van der Waals surface area contributed by atoms with Gasteiger partial charge < -0.3 is 15.0 Å². The molecule has 1 unspecified atom stereocenters. The molecule has 1 aromatic carbocycles. The Morgan fingerprint density at radius 3 is 2.65 bits per heavy atom. The third-order valence-electron chi connectivity index (χ3n) is 4.62. The van der Waals surface area contributed by atoms with Crippen LogP contribution in [0.1, 0.15) is 31.4 Å². The number of nitrogens with one attached hydrogen (secondary N) is 1. The fourth-order valence-corrected chi connectivity index (χ4v) is 3.41. The number of morpholine rings is 1. The molecule has 5 nitrogen and oxygen atoms in total. The molecule has 26 heavy (non-hydrogen) atoms. The number of nitrogens with zero attached hydrogens (tertiary/aromatic N) is 3. The van der Waals surface area contributed by atoms with Gasteiger partial charge in [0.15, 0.2) is 5.96 Å². The first-order chi connectivity index (χ1) is 12.2. The van der Waals surface area contributed by atoms with E-state index in [0.717, 1.165) is 62.4 Å². The van der Waals surface area contributed by atoms with Crippen LogP contribution in [0.25, 0.3) is 0 Å². The monoisotopic (exact) mass is 494 g/mol. The molecule has 0 saturated carbocycles. The van der Waals surface area contributed by atoms with Crippen molar-refractivity contribution in [3.8, 4) is 0 Å². The second kappa shape index (κ2) is 12.8. The first-order valence-corrected chi connectivity index (χ1v) is 9.53. The van der Waals surface area contributed by atoms with E-state index in [2.05, 4.69) is 46.2 Å². The second-order valence-corrected chi connectivity index (χ2v) is 6.80. The van der Waals surface area contributed by atoms with E-state index < -0.39 is 0 Å². The predicted molar refractivity (Wildman–Crippen MR) is 121 cm³/mol. The maximum atomic E-state index is 6.49. The highest BCUT2D eigenvalue weighted by molar-refractivity contribution is 14.0. The van der Waals surface area contributed by atoms with Crippen molar-refractivity contribution in [2.45, 2.75) is 25.8 Å². The number of rotatable bonds is 7. The summed E-state index contributed by atoms with van der Waals surface area (Å²) < 4.78 is 5.52. The van der Waals surface area contributed by atoms with E-state index in [-0.39, 0.29) is 30.0 Å². The molecule has 1 atom stereocenters. The Labute approximate surface area is 180 Å². The number of unbranched alkanes of at least 4 members (excludes halogenated alkanes) is 1. The molecule has 7 heteroatoms. The minimum absolute atomic E-state index is 0. The molecule has 1 fully saturated rings. The number of benzene rings is 1. The topological polar surface area (TPSA) is 40.1 Å². The zero-order chi connectivity index (χ0) is 18.1. The Morgan fingerprint density at radius 1 is 1.35 bits per heavy atom. The van der Waals surface area contributed by atoms with Gasteiger partial charge in [-0.05, 0) is 18.1 Å². The largest absolute Gasteiger partial charge is 0.379 e. The fraction of sp³-hybridized carbons (Fsp3) is 0.632. The third kappa shape index (κ3) is 6.87. The van der Waals surface area contributed by atoms with Crippen molar-refractivity contribution < 1.29 is 4.74 Å². The molecule has 1 aliphatic rings. The van der Waals surface area contributed by atoms with Gasteiger partial charge in [0.1, 0.15) is 0 Å². The lowest BCUT2D eigenvalue weighted by atomic mass is 10.0. The van der Waals surface area contributed by atoms with Crippen molar-refractivity contribution in [1.29, 1.82) is 0 Å². The van der Waals surface area contributed by atoms with E-state index in [1.165, 1.54) is 6.42 Å². The molecule has 1 aliphatic heterocycles. The van der Waals surface area contributed by atoms with Gasteiger partial charge in [0.25, 0.3) is 0 Å². The highest BCUT2D eigenvalue weighted by atomic mass is 127. The molecule has 0 amide bonds. The summed E-state index contributed by atoms with van der Waals surface area (Å²) >= 11 is 6.49. The quantitative estimate of drug-likeness (QED) is 0.357. The van der Waals surface area contributed by atoms with Gasteiger partial charge in [-0.3, -0.25) is 9.89 Å². The molecule has 1 aromatic rings. The zero-order valence-corrected chi connectivity index (χ0v) is 19.2. The van der Waals surface area contributed by atoms with Gasteiger partial charge in [-0.15, -0.1) is 24.0 Å². The summed E-state index contributed by atoms with van der Waals surface area (Å²) in [5.74, 6) is 0.929. The van der Waals surface area contributed by atoms with Gasteiger partial charge in [-0.2, -0.15) is 0 Å². The van der Waals surface area contributed by atoms with Crippen LogP contribution in [0.2, 0.25) is 5.02 Å². The summed E-state index contributed by atoms with van der Waals surface area (Å²) in [5.41, 5.74) is 1.16. The van der Waals surface area contributed by atoms with Crippen LogP contribution in [0.3, 0.4) is 0 Å². The van der Waals surface area contributed by atoms with Gasteiger partial charge >= 0.3 is 0 Å². The van der Waals surface area contributed by atoms with Crippen LogP contribution in [0.5, 0.6) is 0 Å². The Morgan fingerprint density at radius 2 is 2.04 bits per heavy atom. The van der Waals surface area contributed by atoms with E-state index in [1.54, 1.807) is 0 Å². The van der Waals surface area contributed by atoms with Gasteiger partial charge in [-0.25, -0.2) is 0 Å². The van der Waals surface area contributed by atoms with Crippen LogP contribution in [0, 0.1) is 0 Å². The van der Waals surface area contributed by atoms with Crippen molar-refractivity contribution >= 4 is 41.5 Å². The molecule has 0 aromatic heterocycles. The van der Waals surface area contributed by atoms with Crippen LogP contribution < -0.4 is 5.32 Å². The first kappa shape index (κ1) is 23.5. The van der Waals surface area contributed by atoms with Crippen molar-refractivity contribution in [1.82, 2.24) is 15.1 Å². The Bertz CT molecular complexity index is 552. The van der Waals surface area contributed by atoms with Gasteiger partial charge in [0, 0.05) is 45.3 Å². The van der Waals surface area contributed by atoms with Gasteiger partial charge in [-0.1, -0.05) is 43.1 Å². The summed E-state index contributed by atoms with van der Waals surface area (Å²) in [4.78, 5) is 9.06. The number of aliphatic imine (C=N–C) groups is 1. The van der Waals surface area contributed by atoms with Crippen LogP contribution in [-0.2, 0) is 4.74 Å². The Balaban J connectivity index is 0.00000338. The molecule has 0 spiro atoms. The lowest BCUT2D eigenvalue weighted by molar-refractivity contribution is 0.0169. The van der Waals surface area contributed by atoms with Crippen molar-refractivity contribution in [3.05, 3.63) is 34.9 Å². The third-order valence-corrected chi connectivity index (χ3v) is 4.97. The highest BCUT2D eigenvalue weighted by Gasteiger charge is 2.24. The molecule has 0 radical (unpaired) electrons. The lowest BCUT2D eigenvalue weighted by Gasteiger charge is -2.36. The standard InChI is InChI=1S/C19H31ClN4O.HI/c1-4-5-10-23(3)19(21-2)22-15-18(24-11-13-25-14-12-24)16-8-6-7-9-17(16)20;/h6-9,18H,4-5,10-15H2,1-3H3,(H,21,22);1H. The smallest absolute Gasteiger partial charge is 0.193 e. The summed E-state index contributed by atoms with van der Waals surface area (Å²) in [5, 5.41) is 4.35. The summed E-state index contributed by atoms with van der Waals surface area (Å²) in [6, 6.07) is 8.32. The molecule has 148 valence electrons. The summed E-state index contributed by atoms with van der Waals surface area (Å²) in [7, 11) is 3.92. The minimum Gasteiger partial charge on any atom is -0.379 e. The van der Waals surface area contributed by atoms with E-state index in [9.17, 15) is 0 Å². The van der Waals surface area contributed by atoms with Crippen molar-refractivity contribution in [3.63, 3.8) is 0 Å². The zero-order valence-electron chi connectivity index (χ0n) is 16.1. The van der Waals surface area contributed by atoms with E-state index in [1.807, 2.05) is 19.2 Å². The number of halogens is 2. The maximum absolute atomic E-state index is 6.49. The Hall–Kier alpha value is -0.570. The molecule has 0 bridgehead atoms. The number of hydrogen-bond donors (Lipinski definition) is 1. The van der Waals surface area contributed by atoms with E-state index >= 15 is 0 Å². The molecule has 1 saturated heterocycles. The van der Waals surface area contributed by atoms with Gasteiger partial charge in [0.05, 0.1) is 19.3 Å². The fourth-order valence-electron chi connectivity index (χ4n) is 3.14. The molecular weight excluding hydrogens is 463 g/mol. The van der Waals surface area contributed by atoms with E-state index in [0.29, 0.717) is 0 Å². The predicted octanol–water partition coefficient (Wildman–Crippen LogP) is 3.64. The number of hydrogen-bond acceptors (Lipinski definition) is 3. The summed E-state index contributed by atoms with van der Waals surface area (Å²) in [6.07, 6.45) is 2.34. The van der Waals surface area contributed by atoms with Crippen molar-refractivity contribution in [2.75, 3.05) is 53.5 Å². The van der Waals surface area contributed by atoms with Crippen molar-refractivity contribution in [2.24, 2.45) is 4.99 Å². The van der Waals surface area contributed by atoms with E-state index in [4.69, 9.17) is 16.3 Å². The normalized spacial score (nSPS) is 16.7. The highest BCUT2D eigenvalue weighted by Crippen LogP contribution is 2.27. The van der Waals surface area contributed by atoms with Gasteiger partial charge in [0.2, 0.25) is 0 Å². The maximum Gasteiger partial charge on any atom is 0.193 e. The first-order valence-electron chi connectivity index (χ1n) is 9.15. The Kier molecular flexibility index (Phi) is 11.5. The molecule has 0 aliphatic carbocycles. The molecule has 1 heterocycles. The lowest BCUT2D eigenvalue weighted by Crippen LogP contribution is -2.47.